The molecule has 1 rings (SSSR count). The Balaban J connectivity index is 2.39. The summed E-state index contributed by atoms with van der Waals surface area (Å²) < 4.78 is 0. The van der Waals surface area contributed by atoms with Crippen molar-refractivity contribution in [2.75, 3.05) is 5.32 Å². The van der Waals surface area contributed by atoms with Crippen molar-refractivity contribution in [3.8, 4) is 0 Å². The van der Waals surface area contributed by atoms with E-state index >= 15 is 0 Å². The van der Waals surface area contributed by atoms with Gasteiger partial charge in [0.25, 0.3) is 5.91 Å². The lowest BCUT2D eigenvalue weighted by molar-refractivity contribution is -0.128. The van der Waals surface area contributed by atoms with Crippen LogP contribution < -0.4 is 21.5 Å². The molecule has 0 heterocycles. The topological polar surface area (TPSA) is 99.3 Å². The van der Waals surface area contributed by atoms with Gasteiger partial charge < -0.3 is 10.6 Å². The fourth-order valence-corrected chi connectivity index (χ4v) is 1.21. The molecule has 0 spiro atoms. The van der Waals surface area contributed by atoms with Crippen LogP contribution in [0.3, 0.4) is 0 Å². The van der Waals surface area contributed by atoms with Crippen molar-refractivity contribution in [1.29, 1.82) is 0 Å². The first-order valence-electron chi connectivity index (χ1n) is 5.68. The van der Waals surface area contributed by atoms with Gasteiger partial charge in [0.1, 0.15) is 6.04 Å². The van der Waals surface area contributed by atoms with Crippen LogP contribution in [0.15, 0.2) is 30.3 Å². The number of para-hydroxylation sites is 1. The normalized spacial score (nSPS) is 11.1. The molecule has 0 saturated carbocycles. The minimum atomic E-state index is -0.782. The van der Waals surface area contributed by atoms with Gasteiger partial charge in [-0.2, -0.15) is 0 Å². The molecule has 102 valence electrons. The summed E-state index contributed by atoms with van der Waals surface area (Å²) >= 11 is 0. The minimum absolute atomic E-state index is 0.394. The van der Waals surface area contributed by atoms with Crippen molar-refractivity contribution in [2.24, 2.45) is 0 Å². The fraction of sp³-hybridized carbons (Fsp3) is 0.250. The highest BCUT2D eigenvalue weighted by molar-refractivity contribution is 5.93. The zero-order valence-electron chi connectivity index (χ0n) is 10.7. The highest BCUT2D eigenvalue weighted by atomic mass is 16.2. The number of hydrogen-bond donors (Lipinski definition) is 4. The highest BCUT2D eigenvalue weighted by Crippen LogP contribution is 2.04. The summed E-state index contributed by atoms with van der Waals surface area (Å²) in [5.41, 5.74) is 4.93. The van der Waals surface area contributed by atoms with Crippen LogP contribution in [0, 0.1) is 0 Å². The SMILES string of the molecule is CC(=O)NNC(=O)[C@@H](C)NC(=O)Nc1ccccc1. The average molecular weight is 264 g/mol. The molecule has 0 aliphatic rings. The van der Waals surface area contributed by atoms with E-state index in [0.717, 1.165) is 0 Å². The van der Waals surface area contributed by atoms with E-state index in [1.807, 2.05) is 6.07 Å². The Kier molecular flexibility index (Phi) is 5.34. The van der Waals surface area contributed by atoms with Gasteiger partial charge in [0.2, 0.25) is 5.91 Å². The molecule has 0 aliphatic heterocycles. The van der Waals surface area contributed by atoms with Crippen LogP contribution in [-0.2, 0) is 9.59 Å². The van der Waals surface area contributed by atoms with Gasteiger partial charge >= 0.3 is 6.03 Å². The predicted octanol–water partition coefficient (Wildman–Crippen LogP) is 0.364. The molecule has 0 bridgehead atoms. The number of carbonyl (C=O) groups is 3. The number of benzene rings is 1. The first kappa shape index (κ1) is 14.5. The molecule has 1 aromatic carbocycles. The summed E-state index contributed by atoms with van der Waals surface area (Å²) in [7, 11) is 0. The molecule has 19 heavy (non-hydrogen) atoms. The van der Waals surface area contributed by atoms with E-state index in [-0.39, 0.29) is 0 Å². The largest absolute Gasteiger partial charge is 0.326 e. The van der Waals surface area contributed by atoms with Crippen LogP contribution in [0.2, 0.25) is 0 Å². The van der Waals surface area contributed by atoms with Gasteiger partial charge in [-0.1, -0.05) is 18.2 Å². The number of amides is 4. The summed E-state index contributed by atoms with van der Waals surface area (Å²) in [6.45, 7) is 2.77. The van der Waals surface area contributed by atoms with Gasteiger partial charge in [-0.15, -0.1) is 0 Å². The molecule has 7 nitrogen and oxygen atoms in total. The van der Waals surface area contributed by atoms with E-state index in [4.69, 9.17) is 0 Å². The summed E-state index contributed by atoms with van der Waals surface area (Å²) in [4.78, 5) is 33.7. The third-order valence-electron chi connectivity index (χ3n) is 2.13. The number of hydrogen-bond acceptors (Lipinski definition) is 3. The highest BCUT2D eigenvalue weighted by Gasteiger charge is 2.15. The summed E-state index contributed by atoms with van der Waals surface area (Å²) in [6.07, 6.45) is 0. The van der Waals surface area contributed by atoms with Crippen molar-refractivity contribution in [2.45, 2.75) is 19.9 Å². The van der Waals surface area contributed by atoms with E-state index in [9.17, 15) is 14.4 Å². The third-order valence-corrected chi connectivity index (χ3v) is 2.13. The summed E-state index contributed by atoms with van der Waals surface area (Å²) in [6, 6.07) is 7.55. The quantitative estimate of drug-likeness (QED) is 0.593. The molecule has 0 saturated heterocycles. The van der Waals surface area contributed by atoms with E-state index < -0.39 is 23.9 Å². The van der Waals surface area contributed by atoms with Gasteiger partial charge in [0, 0.05) is 12.6 Å². The van der Waals surface area contributed by atoms with E-state index in [1.54, 1.807) is 24.3 Å². The van der Waals surface area contributed by atoms with Crippen LogP contribution in [0.1, 0.15) is 13.8 Å². The van der Waals surface area contributed by atoms with Gasteiger partial charge in [0.15, 0.2) is 0 Å². The molecule has 0 radical (unpaired) electrons. The lowest BCUT2D eigenvalue weighted by Gasteiger charge is -2.14. The molecule has 0 unspecified atom stereocenters. The average Bonchev–Trinajstić information content (AvgIpc) is 2.36. The van der Waals surface area contributed by atoms with E-state index in [2.05, 4.69) is 21.5 Å². The molecule has 4 amide bonds. The molecule has 1 atom stereocenters. The molecular formula is C12H16N4O3. The maximum atomic E-state index is 11.6. The zero-order chi connectivity index (χ0) is 14.3. The van der Waals surface area contributed by atoms with Crippen LogP contribution in [0.4, 0.5) is 10.5 Å². The second-order valence-corrected chi connectivity index (χ2v) is 3.86. The Morgan fingerprint density at radius 1 is 1.05 bits per heavy atom. The maximum Gasteiger partial charge on any atom is 0.319 e. The number of urea groups is 1. The lowest BCUT2D eigenvalue weighted by atomic mass is 10.3. The Labute approximate surface area is 110 Å². The summed E-state index contributed by atoms with van der Waals surface area (Å²) in [5, 5.41) is 5.01. The first-order valence-corrected chi connectivity index (χ1v) is 5.68. The van der Waals surface area contributed by atoms with Crippen molar-refractivity contribution in [3.63, 3.8) is 0 Å². The number of anilines is 1. The first-order chi connectivity index (χ1) is 8.99. The number of nitrogens with one attached hydrogen (secondary N) is 4. The van der Waals surface area contributed by atoms with Crippen molar-refractivity contribution >= 4 is 23.5 Å². The second kappa shape index (κ2) is 7.00. The molecular weight excluding hydrogens is 248 g/mol. The lowest BCUT2D eigenvalue weighted by Crippen LogP contribution is -2.51. The Morgan fingerprint density at radius 2 is 1.68 bits per heavy atom. The minimum Gasteiger partial charge on any atom is -0.326 e. The molecule has 4 N–H and O–H groups in total. The van der Waals surface area contributed by atoms with Gasteiger partial charge in [-0.25, -0.2) is 4.79 Å². The molecule has 1 aromatic rings. The maximum absolute atomic E-state index is 11.6. The van der Waals surface area contributed by atoms with Gasteiger partial charge in [-0.3, -0.25) is 20.4 Å². The molecule has 0 fully saturated rings. The second-order valence-electron chi connectivity index (χ2n) is 3.86. The Morgan fingerprint density at radius 3 is 2.26 bits per heavy atom. The van der Waals surface area contributed by atoms with Gasteiger partial charge in [-0.05, 0) is 19.1 Å². The van der Waals surface area contributed by atoms with Crippen molar-refractivity contribution in [3.05, 3.63) is 30.3 Å². The molecule has 0 aliphatic carbocycles. The number of carbonyl (C=O) groups excluding carboxylic acids is 3. The number of rotatable bonds is 3. The standard InChI is InChI=1S/C12H16N4O3/c1-8(11(18)16-15-9(2)17)13-12(19)14-10-6-4-3-5-7-10/h3-8H,1-2H3,(H,15,17)(H,16,18)(H2,13,14,19)/t8-/m1/s1. The van der Waals surface area contributed by atoms with Crippen molar-refractivity contribution < 1.29 is 14.4 Å². The zero-order valence-corrected chi connectivity index (χ0v) is 10.7. The van der Waals surface area contributed by atoms with E-state index in [1.165, 1.54) is 13.8 Å². The number of hydrazine groups is 1. The Bertz CT molecular complexity index is 461. The fourth-order valence-electron chi connectivity index (χ4n) is 1.21. The Hall–Kier alpha value is -2.57. The molecule has 0 aromatic heterocycles. The summed E-state index contributed by atoms with van der Waals surface area (Å²) in [5.74, 6) is -0.910. The van der Waals surface area contributed by atoms with Gasteiger partial charge in [0.05, 0.1) is 0 Å². The third kappa shape index (κ3) is 5.53. The van der Waals surface area contributed by atoms with Crippen LogP contribution >= 0.6 is 0 Å². The van der Waals surface area contributed by atoms with Crippen molar-refractivity contribution in [1.82, 2.24) is 16.2 Å². The molecule has 7 heteroatoms. The van der Waals surface area contributed by atoms with Crippen LogP contribution in [0.5, 0.6) is 0 Å². The monoisotopic (exact) mass is 264 g/mol. The van der Waals surface area contributed by atoms with Crippen LogP contribution in [0.25, 0.3) is 0 Å². The smallest absolute Gasteiger partial charge is 0.319 e. The van der Waals surface area contributed by atoms with E-state index in [0.29, 0.717) is 5.69 Å². The predicted molar refractivity (Wildman–Crippen MR) is 70.0 cm³/mol. The van der Waals surface area contributed by atoms with Crippen LogP contribution in [-0.4, -0.2) is 23.9 Å².